The molecule has 0 amide bonds. The molecule has 1 saturated heterocycles. The van der Waals surface area contributed by atoms with Crippen molar-refractivity contribution in [3.05, 3.63) is 66.6 Å². The average molecular weight is 536 g/mol. The van der Waals surface area contributed by atoms with Gasteiger partial charge in [-0.1, -0.05) is 29.4 Å². The summed E-state index contributed by atoms with van der Waals surface area (Å²) in [5.74, 6) is -0.301. The topological polar surface area (TPSA) is 85.6 Å². The van der Waals surface area contributed by atoms with Crippen LogP contribution < -0.4 is 4.74 Å². The van der Waals surface area contributed by atoms with Crippen LogP contribution in [0.3, 0.4) is 0 Å². The number of rotatable bonds is 9. The van der Waals surface area contributed by atoms with Crippen LogP contribution in [0.25, 0.3) is 16.9 Å². The van der Waals surface area contributed by atoms with Crippen molar-refractivity contribution in [3.63, 3.8) is 0 Å². The minimum atomic E-state index is -4.75. The van der Waals surface area contributed by atoms with Gasteiger partial charge in [-0.2, -0.15) is 0 Å². The number of oxime groups is 1. The molecule has 12 heteroatoms. The molecule has 1 aliphatic rings. The second-order valence-corrected chi connectivity index (χ2v) is 8.45. The fourth-order valence-electron chi connectivity index (χ4n) is 4.31. The van der Waals surface area contributed by atoms with Gasteiger partial charge in [-0.05, 0) is 31.2 Å². The Morgan fingerprint density at radius 2 is 1.63 bits per heavy atom. The van der Waals surface area contributed by atoms with Gasteiger partial charge in [0, 0.05) is 44.3 Å². The van der Waals surface area contributed by atoms with Crippen LogP contribution in [0.5, 0.6) is 5.75 Å². The summed E-state index contributed by atoms with van der Waals surface area (Å²) in [6.45, 7) is 1.86. The van der Waals surface area contributed by atoms with E-state index >= 15 is 0 Å². The SMILES string of the molecule is CO[C@@H]1[C@@H](OC)[C@H](C)O[C@@H](O/N=C/c2ccccc2-c2cn(-c3ccc(OC(F)(F)F)cc3)cn2)[C@@H]1OC. The summed E-state index contributed by atoms with van der Waals surface area (Å²) in [7, 11) is 4.69. The average Bonchev–Trinajstić information content (AvgIpc) is 3.38. The van der Waals surface area contributed by atoms with Gasteiger partial charge in [0.05, 0.1) is 24.3 Å². The number of alkyl halides is 3. The molecule has 3 aromatic rings. The van der Waals surface area contributed by atoms with Crippen molar-refractivity contribution in [2.45, 2.75) is 44.0 Å². The molecule has 0 aliphatic carbocycles. The fraction of sp³-hybridized carbons (Fsp3) is 0.385. The van der Waals surface area contributed by atoms with Crippen LogP contribution >= 0.6 is 0 Å². The van der Waals surface area contributed by atoms with E-state index in [1.54, 1.807) is 37.5 Å². The summed E-state index contributed by atoms with van der Waals surface area (Å²) in [5, 5.41) is 4.14. The van der Waals surface area contributed by atoms with Crippen molar-refractivity contribution in [2.24, 2.45) is 5.16 Å². The normalized spacial score (nSPS) is 24.0. The zero-order valence-electron chi connectivity index (χ0n) is 21.2. The molecule has 1 aliphatic heterocycles. The summed E-state index contributed by atoms with van der Waals surface area (Å²) < 4.78 is 65.4. The van der Waals surface area contributed by atoms with Gasteiger partial charge < -0.3 is 33.1 Å². The molecule has 2 aromatic carbocycles. The lowest BCUT2D eigenvalue weighted by atomic mass is 9.99. The van der Waals surface area contributed by atoms with Crippen molar-refractivity contribution in [1.82, 2.24) is 9.55 Å². The molecule has 0 spiro atoms. The maximum absolute atomic E-state index is 12.4. The summed E-state index contributed by atoms with van der Waals surface area (Å²) in [6.07, 6.45) is -2.34. The van der Waals surface area contributed by atoms with Crippen molar-refractivity contribution in [1.29, 1.82) is 0 Å². The summed E-state index contributed by atoms with van der Waals surface area (Å²) in [6, 6.07) is 12.9. The van der Waals surface area contributed by atoms with Gasteiger partial charge in [0.2, 0.25) is 0 Å². The van der Waals surface area contributed by atoms with Crippen LogP contribution in [0, 0.1) is 0 Å². The van der Waals surface area contributed by atoms with Gasteiger partial charge in [0.1, 0.15) is 18.0 Å². The first-order chi connectivity index (χ1) is 18.2. The molecule has 204 valence electrons. The molecule has 4 rings (SSSR count). The highest BCUT2D eigenvalue weighted by molar-refractivity contribution is 5.89. The Bertz CT molecular complexity index is 1220. The van der Waals surface area contributed by atoms with Gasteiger partial charge in [0.15, 0.2) is 6.10 Å². The van der Waals surface area contributed by atoms with Crippen LogP contribution in [0.15, 0.2) is 66.2 Å². The van der Waals surface area contributed by atoms with Crippen LogP contribution in [0.2, 0.25) is 0 Å². The molecule has 2 heterocycles. The number of aromatic nitrogens is 2. The number of ether oxygens (including phenoxy) is 5. The Morgan fingerprint density at radius 3 is 2.29 bits per heavy atom. The third-order valence-corrected chi connectivity index (χ3v) is 6.09. The molecular weight excluding hydrogens is 507 g/mol. The van der Waals surface area contributed by atoms with Crippen molar-refractivity contribution < 1.29 is 41.7 Å². The van der Waals surface area contributed by atoms with Crippen LogP contribution in [0.4, 0.5) is 13.2 Å². The van der Waals surface area contributed by atoms with E-state index in [0.29, 0.717) is 11.4 Å². The molecule has 38 heavy (non-hydrogen) atoms. The van der Waals surface area contributed by atoms with Gasteiger partial charge in [-0.3, -0.25) is 0 Å². The number of methoxy groups -OCH3 is 3. The first-order valence-electron chi connectivity index (χ1n) is 11.7. The molecule has 0 saturated carbocycles. The first kappa shape index (κ1) is 27.6. The van der Waals surface area contributed by atoms with E-state index in [-0.39, 0.29) is 18.0 Å². The molecule has 0 N–H and O–H groups in total. The van der Waals surface area contributed by atoms with Crippen LogP contribution in [0.1, 0.15) is 12.5 Å². The Hall–Kier alpha value is -3.45. The van der Waals surface area contributed by atoms with E-state index in [1.807, 2.05) is 31.2 Å². The monoisotopic (exact) mass is 535 g/mol. The number of hydrogen-bond donors (Lipinski definition) is 0. The standard InChI is InChI=1S/C26H28F3N3O6/c1-16-22(33-2)23(34-3)24(35-4)25(36-16)38-31-13-17-7-5-6-8-20(17)21-14-32(15-30-21)18-9-11-19(12-10-18)37-26(27,28)29/h5-16,22-25H,1-4H3/b31-13+/t16-,22-,23+,24+,25-/m0/s1. The summed E-state index contributed by atoms with van der Waals surface area (Å²) >= 11 is 0. The third kappa shape index (κ3) is 6.33. The molecule has 0 radical (unpaired) electrons. The zero-order chi connectivity index (χ0) is 27.3. The van der Waals surface area contributed by atoms with Gasteiger partial charge in [-0.25, -0.2) is 4.98 Å². The maximum Gasteiger partial charge on any atom is 0.573 e. The summed E-state index contributed by atoms with van der Waals surface area (Å²) in [4.78, 5) is 10.1. The Balaban J connectivity index is 1.49. The van der Waals surface area contributed by atoms with Crippen LogP contribution in [-0.4, -0.2) is 74.2 Å². The van der Waals surface area contributed by atoms with Crippen molar-refractivity contribution >= 4 is 6.21 Å². The number of imidazole rings is 1. The predicted molar refractivity (Wildman–Crippen MR) is 131 cm³/mol. The molecule has 5 atom stereocenters. The maximum atomic E-state index is 12.4. The molecule has 0 unspecified atom stereocenters. The quantitative estimate of drug-likeness (QED) is 0.293. The van der Waals surface area contributed by atoms with E-state index in [9.17, 15) is 13.2 Å². The lowest BCUT2D eigenvalue weighted by Gasteiger charge is -2.42. The van der Waals surface area contributed by atoms with E-state index in [4.69, 9.17) is 23.8 Å². The molecule has 0 bridgehead atoms. The van der Waals surface area contributed by atoms with Crippen molar-refractivity contribution in [3.8, 4) is 22.7 Å². The van der Waals surface area contributed by atoms with Gasteiger partial charge in [0.25, 0.3) is 6.29 Å². The number of hydrogen-bond acceptors (Lipinski definition) is 8. The first-order valence-corrected chi connectivity index (χ1v) is 11.7. The molecule has 1 aromatic heterocycles. The van der Waals surface area contributed by atoms with E-state index in [2.05, 4.69) is 14.9 Å². The number of halogens is 3. The largest absolute Gasteiger partial charge is 0.573 e. The molecular formula is C26H28F3N3O6. The van der Waals surface area contributed by atoms with E-state index in [0.717, 1.165) is 11.1 Å². The lowest BCUT2D eigenvalue weighted by Crippen LogP contribution is -2.59. The second-order valence-electron chi connectivity index (χ2n) is 8.45. The smallest absolute Gasteiger partial charge is 0.406 e. The van der Waals surface area contributed by atoms with E-state index < -0.39 is 24.9 Å². The molecule has 1 fully saturated rings. The Morgan fingerprint density at radius 1 is 0.947 bits per heavy atom. The number of nitrogens with zero attached hydrogens (tertiary/aromatic N) is 3. The van der Waals surface area contributed by atoms with Crippen LogP contribution in [-0.2, 0) is 23.8 Å². The van der Waals surface area contributed by atoms with Gasteiger partial charge in [-0.15, -0.1) is 13.2 Å². The fourth-order valence-corrected chi connectivity index (χ4v) is 4.31. The minimum Gasteiger partial charge on any atom is -0.406 e. The van der Waals surface area contributed by atoms with Crippen molar-refractivity contribution in [2.75, 3.05) is 21.3 Å². The Kier molecular flexibility index (Phi) is 8.67. The Labute approximate surface area is 217 Å². The lowest BCUT2D eigenvalue weighted by molar-refractivity contribution is -0.305. The van der Waals surface area contributed by atoms with Gasteiger partial charge >= 0.3 is 6.36 Å². The summed E-state index contributed by atoms with van der Waals surface area (Å²) in [5.41, 5.74) is 2.74. The second kappa shape index (κ2) is 11.9. The van der Waals surface area contributed by atoms with E-state index in [1.165, 1.54) is 31.4 Å². The third-order valence-electron chi connectivity index (χ3n) is 6.09. The highest BCUT2D eigenvalue weighted by atomic mass is 19.4. The highest BCUT2D eigenvalue weighted by Gasteiger charge is 2.47. The number of benzene rings is 2. The zero-order valence-corrected chi connectivity index (χ0v) is 21.2. The molecule has 9 nitrogen and oxygen atoms in total. The minimum absolute atomic E-state index is 0.301. The highest BCUT2D eigenvalue weighted by Crippen LogP contribution is 2.28. The predicted octanol–water partition coefficient (Wildman–Crippen LogP) is 4.58.